The zero-order valence-electron chi connectivity index (χ0n) is 22.3. The van der Waals surface area contributed by atoms with Crippen molar-refractivity contribution in [1.82, 2.24) is 4.90 Å². The number of nitrogens with one attached hydrogen (secondary N) is 1. The van der Waals surface area contributed by atoms with Crippen LogP contribution in [0, 0.1) is 12.7 Å². The van der Waals surface area contributed by atoms with E-state index in [0.717, 1.165) is 21.8 Å². The molecule has 2 amide bonds. The quantitative estimate of drug-likeness (QED) is 0.120. The number of halogens is 2. The van der Waals surface area contributed by atoms with Crippen LogP contribution in [0.5, 0.6) is 5.75 Å². The Morgan fingerprint density at radius 1 is 1.10 bits per heavy atom. The summed E-state index contributed by atoms with van der Waals surface area (Å²) in [6, 6.07) is 22.4. The van der Waals surface area contributed by atoms with Gasteiger partial charge < -0.3 is 14.5 Å². The van der Waals surface area contributed by atoms with Crippen LogP contribution in [0.2, 0.25) is 0 Å². The maximum absolute atomic E-state index is 14.0. The number of amidine groups is 1. The highest BCUT2D eigenvalue weighted by atomic mass is 79.9. The summed E-state index contributed by atoms with van der Waals surface area (Å²) in [7, 11) is 0. The molecular weight excluding hydrogens is 623 g/mol. The van der Waals surface area contributed by atoms with Gasteiger partial charge in [0.2, 0.25) is 0 Å². The van der Waals surface area contributed by atoms with E-state index in [4.69, 9.17) is 9.15 Å². The number of anilines is 1. The van der Waals surface area contributed by atoms with E-state index in [2.05, 4.69) is 31.4 Å². The van der Waals surface area contributed by atoms with E-state index in [-0.39, 0.29) is 30.5 Å². The van der Waals surface area contributed by atoms with Gasteiger partial charge in [-0.05, 0) is 73.3 Å². The summed E-state index contributed by atoms with van der Waals surface area (Å²) in [6.07, 6.45) is 4.48. The Kier molecular flexibility index (Phi) is 9.30. The lowest BCUT2D eigenvalue weighted by molar-refractivity contribution is -0.122. The van der Waals surface area contributed by atoms with Gasteiger partial charge >= 0.3 is 0 Å². The Balaban J connectivity index is 1.37. The highest BCUT2D eigenvalue weighted by Gasteiger charge is 2.34. The third kappa shape index (κ3) is 7.42. The summed E-state index contributed by atoms with van der Waals surface area (Å²) < 4.78 is 26.1. The molecule has 5 rings (SSSR count). The molecule has 42 heavy (non-hydrogen) atoms. The minimum absolute atomic E-state index is 0.130. The van der Waals surface area contributed by atoms with Crippen molar-refractivity contribution in [3.8, 4) is 5.75 Å². The lowest BCUT2D eigenvalue weighted by atomic mass is 10.2. The summed E-state index contributed by atoms with van der Waals surface area (Å²) in [5, 5.41) is 11.4. The number of rotatable bonds is 9. The Bertz CT molecular complexity index is 1690. The second kappa shape index (κ2) is 13.5. The van der Waals surface area contributed by atoms with Crippen molar-refractivity contribution >= 4 is 62.7 Å². The van der Waals surface area contributed by atoms with Crippen LogP contribution < -0.4 is 10.1 Å². The largest absolute Gasteiger partial charge is 0.483 e. The van der Waals surface area contributed by atoms with Crippen LogP contribution in [-0.2, 0) is 16.1 Å². The van der Waals surface area contributed by atoms with Crippen molar-refractivity contribution in [2.24, 2.45) is 10.2 Å². The number of aryl methyl sites for hydroxylation is 1. The van der Waals surface area contributed by atoms with Gasteiger partial charge in [0, 0.05) is 21.3 Å². The molecular formula is C31H24BrFN4O4S. The molecule has 0 spiro atoms. The van der Waals surface area contributed by atoms with Crippen molar-refractivity contribution in [2.45, 2.75) is 13.5 Å². The smallest absolute Gasteiger partial charge is 0.267 e. The number of hydrogen-bond acceptors (Lipinski definition) is 7. The van der Waals surface area contributed by atoms with Crippen molar-refractivity contribution in [3.05, 3.63) is 123 Å². The summed E-state index contributed by atoms with van der Waals surface area (Å²) in [4.78, 5) is 27.8. The third-order valence-electron chi connectivity index (χ3n) is 5.98. The molecule has 3 aromatic carbocycles. The van der Waals surface area contributed by atoms with Crippen LogP contribution in [0.25, 0.3) is 6.08 Å². The number of hydrogen-bond donors (Lipinski definition) is 1. The van der Waals surface area contributed by atoms with Gasteiger partial charge in [0.1, 0.15) is 17.3 Å². The molecule has 4 aromatic rings. The molecule has 1 aliphatic heterocycles. The van der Waals surface area contributed by atoms with Gasteiger partial charge in [-0.25, -0.2) is 4.39 Å². The lowest BCUT2D eigenvalue weighted by Gasteiger charge is -2.13. The molecule has 1 saturated heterocycles. The van der Waals surface area contributed by atoms with Crippen LogP contribution in [0.15, 0.2) is 109 Å². The normalized spacial score (nSPS) is 15.2. The number of amides is 2. The predicted octanol–water partition coefficient (Wildman–Crippen LogP) is 7.01. The average molecular weight is 648 g/mol. The molecule has 0 unspecified atom stereocenters. The van der Waals surface area contributed by atoms with E-state index in [0.29, 0.717) is 32.8 Å². The third-order valence-corrected chi connectivity index (χ3v) is 7.47. The monoisotopic (exact) mass is 646 g/mol. The van der Waals surface area contributed by atoms with E-state index in [1.165, 1.54) is 23.4 Å². The second-order valence-corrected chi connectivity index (χ2v) is 11.0. The van der Waals surface area contributed by atoms with E-state index in [9.17, 15) is 14.0 Å². The number of ether oxygens (including phenoxy) is 1. The van der Waals surface area contributed by atoms with Crippen molar-refractivity contribution in [3.63, 3.8) is 0 Å². The highest BCUT2D eigenvalue weighted by Crippen LogP contribution is 2.36. The SMILES string of the molecule is Cc1ccc(NC(=O)COc2ccc(Br)cc2/C=C2\S/C(=N/N=C\c3ccccc3F)N(Cc3ccco3)C2=O)cc1. The number of nitrogens with zero attached hydrogens (tertiary/aromatic N) is 3. The Labute approximate surface area is 254 Å². The van der Waals surface area contributed by atoms with Gasteiger partial charge in [-0.3, -0.25) is 14.5 Å². The molecule has 0 radical (unpaired) electrons. The number of benzene rings is 3. The van der Waals surface area contributed by atoms with E-state index < -0.39 is 5.82 Å². The van der Waals surface area contributed by atoms with Gasteiger partial charge in [-0.2, -0.15) is 5.10 Å². The second-order valence-electron chi connectivity index (χ2n) is 9.11. The molecule has 11 heteroatoms. The van der Waals surface area contributed by atoms with Crippen LogP contribution in [0.3, 0.4) is 0 Å². The molecule has 212 valence electrons. The molecule has 8 nitrogen and oxygen atoms in total. The molecule has 0 aliphatic carbocycles. The Morgan fingerprint density at radius 3 is 2.67 bits per heavy atom. The summed E-state index contributed by atoms with van der Waals surface area (Å²) >= 11 is 4.58. The summed E-state index contributed by atoms with van der Waals surface area (Å²) in [5.41, 5.74) is 2.61. The van der Waals surface area contributed by atoms with Gasteiger partial charge in [0.05, 0.1) is 23.9 Å². The Hall–Kier alpha value is -4.48. The van der Waals surface area contributed by atoms with Crippen LogP contribution >= 0.6 is 27.7 Å². The van der Waals surface area contributed by atoms with Crippen LogP contribution in [0.1, 0.15) is 22.5 Å². The minimum Gasteiger partial charge on any atom is -0.483 e. The standard InChI is InChI=1S/C31H24BrFN4O4S/c1-20-8-11-24(12-9-20)35-29(38)19-41-27-13-10-23(32)15-22(27)16-28-30(39)37(18-25-6-4-14-40-25)31(42-28)36-34-17-21-5-2-3-7-26(21)33/h2-17H,18-19H2,1H3,(H,35,38)/b28-16-,34-17-,36-31+. The molecule has 2 heterocycles. The fourth-order valence-corrected chi connectivity index (χ4v) is 5.19. The molecule has 0 atom stereocenters. The molecule has 1 fully saturated rings. The van der Waals surface area contributed by atoms with Crippen molar-refractivity contribution in [1.29, 1.82) is 0 Å². The average Bonchev–Trinajstić information content (AvgIpc) is 3.59. The fraction of sp³-hybridized carbons (Fsp3) is 0.0968. The maximum Gasteiger partial charge on any atom is 0.267 e. The molecule has 1 N–H and O–H groups in total. The predicted molar refractivity (Wildman–Crippen MR) is 166 cm³/mol. The first-order valence-corrected chi connectivity index (χ1v) is 14.3. The van der Waals surface area contributed by atoms with Crippen LogP contribution in [-0.4, -0.2) is 34.7 Å². The fourth-order valence-electron chi connectivity index (χ4n) is 3.88. The van der Waals surface area contributed by atoms with Crippen LogP contribution in [0.4, 0.5) is 10.1 Å². The number of furan rings is 1. The number of thioether (sulfide) groups is 1. The highest BCUT2D eigenvalue weighted by molar-refractivity contribution is 9.10. The van der Waals surface area contributed by atoms with Crippen molar-refractivity contribution in [2.75, 3.05) is 11.9 Å². The van der Waals surface area contributed by atoms with Gasteiger partial charge in [0.25, 0.3) is 11.8 Å². The Morgan fingerprint density at radius 2 is 1.90 bits per heavy atom. The molecule has 1 aromatic heterocycles. The van der Waals surface area contributed by atoms with Gasteiger partial charge in [0.15, 0.2) is 11.8 Å². The van der Waals surface area contributed by atoms with Crippen molar-refractivity contribution < 1.29 is 23.1 Å². The lowest BCUT2D eigenvalue weighted by Crippen LogP contribution is -2.28. The zero-order chi connectivity index (χ0) is 29.5. The topological polar surface area (TPSA) is 96.5 Å². The molecule has 1 aliphatic rings. The summed E-state index contributed by atoms with van der Waals surface area (Å²) in [5.74, 6) is -0.0992. The first kappa shape index (κ1) is 29.0. The van der Waals surface area contributed by atoms with Gasteiger partial charge in [-0.15, -0.1) is 5.10 Å². The van der Waals surface area contributed by atoms with E-state index in [1.54, 1.807) is 54.6 Å². The number of carbonyl (C=O) groups excluding carboxylic acids is 2. The molecule has 0 bridgehead atoms. The first-order valence-electron chi connectivity index (χ1n) is 12.7. The van der Waals surface area contributed by atoms with Gasteiger partial charge in [-0.1, -0.05) is 51.8 Å². The zero-order valence-corrected chi connectivity index (χ0v) is 24.7. The minimum atomic E-state index is -0.431. The molecule has 0 saturated carbocycles. The first-order chi connectivity index (χ1) is 20.4. The number of carbonyl (C=O) groups is 2. The van der Waals surface area contributed by atoms with E-state index in [1.807, 2.05) is 31.2 Å². The summed E-state index contributed by atoms with van der Waals surface area (Å²) in [6.45, 7) is 1.87. The maximum atomic E-state index is 14.0. The van der Waals surface area contributed by atoms with E-state index >= 15 is 0 Å².